The number of urea groups is 1. The van der Waals surface area contributed by atoms with Crippen LogP contribution in [0.15, 0.2) is 53.4 Å². The number of hydrogen-bond donors (Lipinski definition) is 3. The van der Waals surface area contributed by atoms with Gasteiger partial charge in [-0.15, -0.1) is 11.8 Å². The smallest absolute Gasteiger partial charge is 0.319 e. The van der Waals surface area contributed by atoms with Gasteiger partial charge in [-0.25, -0.2) is 9.18 Å². The van der Waals surface area contributed by atoms with Crippen molar-refractivity contribution in [2.75, 3.05) is 22.9 Å². The molecule has 1 aliphatic rings. The molecule has 2 aromatic carbocycles. The van der Waals surface area contributed by atoms with Crippen molar-refractivity contribution in [1.82, 2.24) is 5.32 Å². The molecule has 3 amide bonds. The highest BCUT2D eigenvalue weighted by Crippen LogP contribution is 2.30. The van der Waals surface area contributed by atoms with Crippen LogP contribution in [0.1, 0.15) is 19.3 Å². The summed E-state index contributed by atoms with van der Waals surface area (Å²) < 4.78 is 12.8. The van der Waals surface area contributed by atoms with Gasteiger partial charge >= 0.3 is 6.03 Å². The Bertz CT molecular complexity index is 794. The molecule has 0 unspecified atom stereocenters. The van der Waals surface area contributed by atoms with Crippen LogP contribution >= 0.6 is 11.8 Å². The fourth-order valence-electron chi connectivity index (χ4n) is 2.43. The van der Waals surface area contributed by atoms with Crippen LogP contribution in [0, 0.1) is 11.7 Å². The molecule has 1 fully saturated rings. The van der Waals surface area contributed by atoms with Crippen LogP contribution in [0.3, 0.4) is 0 Å². The molecule has 1 saturated carbocycles. The summed E-state index contributed by atoms with van der Waals surface area (Å²) in [7, 11) is 0. The number of halogens is 1. The van der Waals surface area contributed by atoms with Crippen molar-refractivity contribution in [3.05, 3.63) is 54.3 Å². The van der Waals surface area contributed by atoms with E-state index < -0.39 is 0 Å². The van der Waals surface area contributed by atoms with Crippen LogP contribution in [0.4, 0.5) is 20.6 Å². The summed E-state index contributed by atoms with van der Waals surface area (Å²) in [5.74, 6) is 0.760. The third-order valence-electron chi connectivity index (χ3n) is 4.03. The maximum absolute atomic E-state index is 12.8. The lowest BCUT2D eigenvalue weighted by atomic mass is 10.2. The number of anilines is 2. The third-order valence-corrected chi connectivity index (χ3v) is 5.12. The Balaban J connectivity index is 1.35. The monoisotopic (exact) mass is 387 g/mol. The first-order chi connectivity index (χ1) is 13.1. The van der Waals surface area contributed by atoms with Crippen LogP contribution in [0.2, 0.25) is 0 Å². The molecule has 0 aromatic heterocycles. The van der Waals surface area contributed by atoms with Gasteiger partial charge in [0.25, 0.3) is 0 Å². The second-order valence-electron chi connectivity index (χ2n) is 6.38. The molecule has 1 aliphatic carbocycles. The largest absolute Gasteiger partial charge is 0.338 e. The molecule has 7 heteroatoms. The molecule has 3 N–H and O–H groups in total. The topological polar surface area (TPSA) is 70.2 Å². The van der Waals surface area contributed by atoms with Gasteiger partial charge in [-0.05, 0) is 67.5 Å². The lowest BCUT2D eigenvalue weighted by molar-refractivity contribution is -0.117. The van der Waals surface area contributed by atoms with Crippen molar-refractivity contribution in [2.24, 2.45) is 5.92 Å². The Hall–Kier alpha value is -2.54. The Morgan fingerprint density at radius 1 is 1.04 bits per heavy atom. The van der Waals surface area contributed by atoms with E-state index in [1.807, 2.05) is 0 Å². The first-order valence-electron chi connectivity index (χ1n) is 8.94. The van der Waals surface area contributed by atoms with Gasteiger partial charge in [0.2, 0.25) is 5.91 Å². The molecule has 0 aliphatic heterocycles. The molecule has 5 nitrogen and oxygen atoms in total. The minimum Gasteiger partial charge on any atom is -0.338 e. The van der Waals surface area contributed by atoms with Gasteiger partial charge in [0.15, 0.2) is 0 Å². The van der Waals surface area contributed by atoms with E-state index in [-0.39, 0.29) is 23.7 Å². The zero-order valence-corrected chi connectivity index (χ0v) is 15.7. The van der Waals surface area contributed by atoms with Gasteiger partial charge in [0.1, 0.15) is 5.82 Å². The van der Waals surface area contributed by atoms with Crippen LogP contribution in [0.5, 0.6) is 0 Å². The zero-order chi connectivity index (χ0) is 19.1. The number of rotatable bonds is 8. The van der Waals surface area contributed by atoms with E-state index in [0.717, 1.165) is 29.9 Å². The number of thioether (sulfide) groups is 1. The number of amides is 3. The third kappa shape index (κ3) is 6.60. The minimum atomic E-state index is -0.285. The highest BCUT2D eigenvalue weighted by atomic mass is 32.2. The van der Waals surface area contributed by atoms with Crippen LogP contribution in [-0.4, -0.2) is 24.2 Å². The number of carbonyl (C=O) groups is 2. The molecule has 0 atom stereocenters. The molecule has 0 heterocycles. The number of carbonyl (C=O) groups excluding carboxylic acids is 2. The summed E-state index contributed by atoms with van der Waals surface area (Å²) in [6, 6.07) is 13.2. The Morgan fingerprint density at radius 3 is 2.44 bits per heavy atom. The van der Waals surface area contributed by atoms with Gasteiger partial charge in [0, 0.05) is 28.7 Å². The zero-order valence-electron chi connectivity index (χ0n) is 14.8. The van der Waals surface area contributed by atoms with Crippen molar-refractivity contribution in [2.45, 2.75) is 24.2 Å². The van der Waals surface area contributed by atoms with Gasteiger partial charge in [-0.1, -0.05) is 6.07 Å². The average molecular weight is 387 g/mol. The molecular formula is C20H22FN3O2S. The lowest BCUT2D eigenvalue weighted by Gasteiger charge is -2.10. The summed E-state index contributed by atoms with van der Waals surface area (Å²) in [5, 5.41) is 8.43. The van der Waals surface area contributed by atoms with E-state index in [1.165, 1.54) is 12.1 Å². The first-order valence-corrected chi connectivity index (χ1v) is 9.93. The summed E-state index contributed by atoms with van der Waals surface area (Å²) in [5.41, 5.74) is 1.31. The molecule has 0 bridgehead atoms. The van der Waals surface area contributed by atoms with Gasteiger partial charge in [0.05, 0.1) is 0 Å². The summed E-state index contributed by atoms with van der Waals surface area (Å²) in [6.07, 6.45) is 2.70. The fraction of sp³-hybridized carbons (Fsp3) is 0.300. The molecule has 0 radical (unpaired) electrons. The van der Waals surface area contributed by atoms with E-state index in [4.69, 9.17) is 0 Å². The Labute approximate surface area is 162 Å². The molecular weight excluding hydrogens is 365 g/mol. The normalized spacial score (nSPS) is 13.1. The maximum Gasteiger partial charge on any atom is 0.319 e. The van der Waals surface area contributed by atoms with Crippen molar-refractivity contribution in [3.63, 3.8) is 0 Å². The standard InChI is InChI=1S/C20H22FN3O2S/c21-15-7-9-18(10-8-15)27-12-2-11-22-20(26)24-17-4-1-3-16(13-17)23-19(25)14-5-6-14/h1,3-4,7-10,13-14H,2,5-6,11-12H2,(H,23,25)(H2,22,24,26). The number of nitrogens with one attached hydrogen (secondary N) is 3. The average Bonchev–Trinajstić information content (AvgIpc) is 3.48. The van der Waals surface area contributed by atoms with E-state index in [0.29, 0.717) is 17.9 Å². The molecule has 27 heavy (non-hydrogen) atoms. The summed E-state index contributed by atoms with van der Waals surface area (Å²) in [4.78, 5) is 24.8. The van der Waals surface area contributed by atoms with E-state index in [9.17, 15) is 14.0 Å². The van der Waals surface area contributed by atoms with Crippen LogP contribution in [0.25, 0.3) is 0 Å². The van der Waals surface area contributed by atoms with Gasteiger partial charge in [-0.3, -0.25) is 4.79 Å². The maximum atomic E-state index is 12.8. The quantitative estimate of drug-likeness (QED) is 0.462. The lowest BCUT2D eigenvalue weighted by Crippen LogP contribution is -2.29. The van der Waals surface area contributed by atoms with Crippen molar-refractivity contribution >= 4 is 35.1 Å². The molecule has 142 valence electrons. The highest BCUT2D eigenvalue weighted by molar-refractivity contribution is 7.99. The van der Waals surface area contributed by atoms with Crippen molar-refractivity contribution < 1.29 is 14.0 Å². The van der Waals surface area contributed by atoms with Crippen molar-refractivity contribution in [1.29, 1.82) is 0 Å². The molecule has 3 rings (SSSR count). The Kier molecular flexibility index (Phi) is 6.70. The number of hydrogen-bond acceptors (Lipinski definition) is 3. The predicted octanol–water partition coefficient (Wildman–Crippen LogP) is 4.48. The number of benzene rings is 2. The van der Waals surface area contributed by atoms with E-state index in [2.05, 4.69) is 16.0 Å². The van der Waals surface area contributed by atoms with Gasteiger partial charge < -0.3 is 16.0 Å². The second kappa shape index (κ2) is 9.41. The molecule has 0 spiro atoms. The molecule has 2 aromatic rings. The predicted molar refractivity (Wildman–Crippen MR) is 107 cm³/mol. The van der Waals surface area contributed by atoms with Gasteiger partial charge in [-0.2, -0.15) is 0 Å². The summed E-state index contributed by atoms with van der Waals surface area (Å²) in [6.45, 7) is 0.540. The fourth-order valence-corrected chi connectivity index (χ4v) is 3.29. The SMILES string of the molecule is O=C(NCCCSc1ccc(F)cc1)Nc1cccc(NC(=O)C2CC2)c1. The van der Waals surface area contributed by atoms with E-state index >= 15 is 0 Å². The van der Waals surface area contributed by atoms with Crippen LogP contribution < -0.4 is 16.0 Å². The molecule has 0 saturated heterocycles. The van der Waals surface area contributed by atoms with E-state index in [1.54, 1.807) is 48.2 Å². The van der Waals surface area contributed by atoms with Crippen molar-refractivity contribution in [3.8, 4) is 0 Å². The van der Waals surface area contributed by atoms with Crippen LogP contribution in [-0.2, 0) is 4.79 Å². The second-order valence-corrected chi connectivity index (χ2v) is 7.55. The summed E-state index contributed by atoms with van der Waals surface area (Å²) >= 11 is 1.62. The Morgan fingerprint density at radius 2 is 1.74 bits per heavy atom. The first kappa shape index (κ1) is 19.2. The highest BCUT2D eigenvalue weighted by Gasteiger charge is 2.29. The minimum absolute atomic E-state index is 0.0373.